The SMILES string of the molecule is O=C(CSc1nc2cc(C(F)(F)F)ncn2n1)Nc1ccc(F)cc1[N+](=O)[O-]. The third-order valence-electron chi connectivity index (χ3n) is 3.26. The lowest BCUT2D eigenvalue weighted by Gasteiger charge is -2.05. The number of rotatable bonds is 5. The molecule has 14 heteroatoms. The van der Waals surface area contributed by atoms with Crippen LogP contribution in [0.1, 0.15) is 5.69 Å². The van der Waals surface area contributed by atoms with Crippen LogP contribution in [-0.2, 0) is 11.0 Å². The minimum absolute atomic E-state index is 0.00452. The quantitative estimate of drug-likeness (QED) is 0.294. The number of carbonyl (C=O) groups is 1. The fraction of sp³-hybridized carbons (Fsp3) is 0.143. The number of hydrogen-bond acceptors (Lipinski definition) is 7. The molecule has 0 aliphatic carbocycles. The number of thioether (sulfide) groups is 1. The third-order valence-corrected chi connectivity index (χ3v) is 4.10. The average molecular weight is 416 g/mol. The van der Waals surface area contributed by atoms with Crippen LogP contribution in [0.2, 0.25) is 0 Å². The summed E-state index contributed by atoms with van der Waals surface area (Å²) in [6, 6.07) is 3.37. The van der Waals surface area contributed by atoms with Crippen LogP contribution in [0, 0.1) is 15.9 Å². The molecule has 2 heterocycles. The molecule has 0 fully saturated rings. The highest BCUT2D eigenvalue weighted by Crippen LogP contribution is 2.28. The number of nitro groups is 1. The Bertz CT molecular complexity index is 1070. The van der Waals surface area contributed by atoms with Gasteiger partial charge >= 0.3 is 6.18 Å². The zero-order valence-electron chi connectivity index (χ0n) is 13.5. The van der Waals surface area contributed by atoms with Gasteiger partial charge < -0.3 is 5.32 Å². The molecule has 1 aromatic carbocycles. The number of nitrogens with one attached hydrogen (secondary N) is 1. The highest BCUT2D eigenvalue weighted by molar-refractivity contribution is 7.99. The maximum absolute atomic E-state index is 13.1. The number of amides is 1. The second-order valence-electron chi connectivity index (χ2n) is 5.22. The van der Waals surface area contributed by atoms with Crippen molar-refractivity contribution < 1.29 is 27.3 Å². The molecule has 0 saturated carbocycles. The molecule has 9 nitrogen and oxygen atoms in total. The van der Waals surface area contributed by atoms with E-state index >= 15 is 0 Å². The molecule has 2 aromatic heterocycles. The van der Waals surface area contributed by atoms with Gasteiger partial charge in [0.15, 0.2) is 5.65 Å². The zero-order chi connectivity index (χ0) is 20.5. The summed E-state index contributed by atoms with van der Waals surface area (Å²) >= 11 is 0.796. The number of carbonyl (C=O) groups excluding carboxylic acids is 1. The topological polar surface area (TPSA) is 115 Å². The van der Waals surface area contributed by atoms with E-state index in [1.54, 1.807) is 0 Å². The summed E-state index contributed by atoms with van der Waals surface area (Å²) in [6.07, 6.45) is -3.79. The van der Waals surface area contributed by atoms with Crippen LogP contribution in [0.3, 0.4) is 0 Å². The van der Waals surface area contributed by atoms with Gasteiger partial charge in [0, 0.05) is 6.07 Å². The Hall–Kier alpha value is -3.29. The first-order valence-electron chi connectivity index (χ1n) is 7.29. The molecule has 0 unspecified atom stereocenters. The molecular formula is C14H8F4N6O3S. The molecule has 28 heavy (non-hydrogen) atoms. The Morgan fingerprint density at radius 1 is 1.32 bits per heavy atom. The Morgan fingerprint density at radius 2 is 2.07 bits per heavy atom. The van der Waals surface area contributed by atoms with Gasteiger partial charge in [0.2, 0.25) is 11.1 Å². The summed E-state index contributed by atoms with van der Waals surface area (Å²) < 4.78 is 52.1. The summed E-state index contributed by atoms with van der Waals surface area (Å²) in [4.78, 5) is 29.1. The predicted octanol–water partition coefficient (Wildman–Crippen LogP) is 2.92. The lowest BCUT2D eigenvalue weighted by atomic mass is 10.2. The maximum atomic E-state index is 13.1. The van der Waals surface area contributed by atoms with Gasteiger partial charge in [-0.25, -0.2) is 18.9 Å². The Kier molecular flexibility index (Phi) is 5.13. The third kappa shape index (κ3) is 4.33. The van der Waals surface area contributed by atoms with Gasteiger partial charge in [-0.05, 0) is 12.1 Å². The largest absolute Gasteiger partial charge is 0.433 e. The van der Waals surface area contributed by atoms with E-state index in [0.29, 0.717) is 12.1 Å². The van der Waals surface area contributed by atoms with Crippen molar-refractivity contribution in [1.82, 2.24) is 19.6 Å². The monoisotopic (exact) mass is 416 g/mol. The summed E-state index contributed by atoms with van der Waals surface area (Å²) in [7, 11) is 0. The molecule has 0 saturated heterocycles. The summed E-state index contributed by atoms with van der Waals surface area (Å²) in [6.45, 7) is 0. The van der Waals surface area contributed by atoms with Crippen molar-refractivity contribution in [3.8, 4) is 0 Å². The molecule has 1 amide bonds. The van der Waals surface area contributed by atoms with E-state index < -0.39 is 34.2 Å². The van der Waals surface area contributed by atoms with E-state index in [0.717, 1.165) is 34.7 Å². The number of hydrogen-bond donors (Lipinski definition) is 1. The number of alkyl halides is 3. The number of benzene rings is 1. The molecule has 0 bridgehead atoms. The van der Waals surface area contributed by atoms with E-state index in [1.165, 1.54) is 0 Å². The van der Waals surface area contributed by atoms with E-state index in [9.17, 15) is 32.5 Å². The second-order valence-corrected chi connectivity index (χ2v) is 6.17. The molecule has 0 radical (unpaired) electrons. The number of nitro benzene ring substituents is 1. The molecule has 0 aliphatic rings. The molecule has 3 aromatic rings. The lowest BCUT2D eigenvalue weighted by Crippen LogP contribution is -2.15. The lowest BCUT2D eigenvalue weighted by molar-refractivity contribution is -0.384. The predicted molar refractivity (Wildman–Crippen MR) is 88.2 cm³/mol. The van der Waals surface area contributed by atoms with E-state index in [4.69, 9.17) is 0 Å². The van der Waals surface area contributed by atoms with Gasteiger partial charge in [-0.3, -0.25) is 14.9 Å². The van der Waals surface area contributed by atoms with Crippen LogP contribution in [0.15, 0.2) is 35.7 Å². The highest BCUT2D eigenvalue weighted by atomic mass is 32.2. The molecule has 0 spiro atoms. The van der Waals surface area contributed by atoms with Crippen molar-refractivity contribution in [3.05, 3.63) is 52.2 Å². The van der Waals surface area contributed by atoms with Gasteiger partial charge in [-0.15, -0.1) is 5.10 Å². The van der Waals surface area contributed by atoms with Gasteiger partial charge in [-0.2, -0.15) is 13.2 Å². The minimum atomic E-state index is -4.63. The van der Waals surface area contributed by atoms with E-state index in [-0.39, 0.29) is 22.2 Å². The molecule has 0 atom stereocenters. The minimum Gasteiger partial charge on any atom is -0.320 e. The summed E-state index contributed by atoms with van der Waals surface area (Å²) in [5.74, 6) is -1.79. The molecule has 0 aliphatic heterocycles. The zero-order valence-corrected chi connectivity index (χ0v) is 14.3. The number of nitrogens with zero attached hydrogens (tertiary/aromatic N) is 5. The first-order valence-corrected chi connectivity index (χ1v) is 8.28. The van der Waals surface area contributed by atoms with Crippen molar-refractivity contribution in [2.24, 2.45) is 0 Å². The van der Waals surface area contributed by atoms with Crippen LogP contribution < -0.4 is 5.32 Å². The van der Waals surface area contributed by atoms with Crippen molar-refractivity contribution in [2.75, 3.05) is 11.1 Å². The van der Waals surface area contributed by atoms with Gasteiger partial charge in [0.1, 0.15) is 23.5 Å². The molecule has 146 valence electrons. The number of anilines is 1. The number of aromatic nitrogens is 4. The fourth-order valence-corrected chi connectivity index (χ4v) is 2.71. The second kappa shape index (κ2) is 7.38. The number of fused-ring (bicyclic) bond motifs is 1. The Balaban J connectivity index is 1.69. The van der Waals surface area contributed by atoms with E-state index in [2.05, 4.69) is 20.4 Å². The van der Waals surface area contributed by atoms with Crippen molar-refractivity contribution >= 4 is 34.7 Å². The van der Waals surface area contributed by atoms with Gasteiger partial charge in [-0.1, -0.05) is 11.8 Å². The smallest absolute Gasteiger partial charge is 0.320 e. The maximum Gasteiger partial charge on any atom is 0.433 e. The first kappa shape index (κ1) is 19.5. The van der Waals surface area contributed by atoms with Crippen molar-refractivity contribution in [3.63, 3.8) is 0 Å². The van der Waals surface area contributed by atoms with Crippen molar-refractivity contribution in [1.29, 1.82) is 0 Å². The summed E-state index contributed by atoms with van der Waals surface area (Å²) in [5.41, 5.74) is -2.06. The van der Waals surface area contributed by atoms with Gasteiger partial charge in [0.25, 0.3) is 5.69 Å². The molecular weight excluding hydrogens is 408 g/mol. The fourth-order valence-electron chi connectivity index (χ4n) is 2.07. The van der Waals surface area contributed by atoms with Crippen LogP contribution in [-0.4, -0.2) is 36.2 Å². The Morgan fingerprint density at radius 3 is 2.75 bits per heavy atom. The molecule has 1 N–H and O–H groups in total. The molecule has 3 rings (SSSR count). The van der Waals surface area contributed by atoms with Gasteiger partial charge in [0.05, 0.1) is 16.7 Å². The normalized spacial score (nSPS) is 11.6. The Labute approximate surface area is 156 Å². The van der Waals surface area contributed by atoms with Crippen LogP contribution in [0.5, 0.6) is 0 Å². The standard InChI is InChI=1S/C14H8F4N6O3S/c15-7-1-2-8(9(3-7)24(26)27)20-12(25)5-28-13-21-11-4-10(14(16,17)18)19-6-23(11)22-13/h1-4,6H,5H2,(H,20,25). The number of halogens is 4. The van der Waals surface area contributed by atoms with E-state index in [1.807, 2.05) is 0 Å². The average Bonchev–Trinajstić information content (AvgIpc) is 3.02. The van der Waals surface area contributed by atoms with Crippen LogP contribution in [0.25, 0.3) is 5.65 Å². The van der Waals surface area contributed by atoms with Crippen molar-refractivity contribution in [2.45, 2.75) is 11.3 Å². The van der Waals surface area contributed by atoms with Crippen LogP contribution in [0.4, 0.5) is 28.9 Å². The first-order chi connectivity index (χ1) is 13.1. The highest BCUT2D eigenvalue weighted by Gasteiger charge is 2.33. The van der Waals surface area contributed by atoms with Crippen LogP contribution >= 0.6 is 11.8 Å². The summed E-state index contributed by atoms with van der Waals surface area (Å²) in [5, 5.41) is 17.0.